The van der Waals surface area contributed by atoms with Gasteiger partial charge in [0.15, 0.2) is 5.96 Å². The van der Waals surface area contributed by atoms with Crippen LogP contribution in [-0.4, -0.2) is 63.0 Å². The zero-order valence-electron chi connectivity index (χ0n) is 17.3. The molecule has 1 saturated heterocycles. The summed E-state index contributed by atoms with van der Waals surface area (Å²) in [6.07, 6.45) is 1.58. The molecule has 1 aliphatic heterocycles. The number of aliphatic imine (C=N–C) groups is 1. The van der Waals surface area contributed by atoms with E-state index in [-0.39, 0.29) is 0 Å². The molecule has 2 N–H and O–H groups in total. The molecule has 0 bridgehead atoms. The molecular weight excluding hydrogens is 340 g/mol. The van der Waals surface area contributed by atoms with Gasteiger partial charge in [-0.1, -0.05) is 24.3 Å². The average molecular weight is 377 g/mol. The molecule has 1 heterocycles. The van der Waals surface area contributed by atoms with E-state index in [2.05, 4.69) is 65.6 Å². The van der Waals surface area contributed by atoms with E-state index in [1.807, 2.05) is 0 Å². The predicted octanol–water partition coefficient (Wildman–Crippen LogP) is 2.39. The van der Waals surface area contributed by atoms with E-state index >= 15 is 0 Å². The Labute approximate surface area is 164 Å². The highest BCUT2D eigenvalue weighted by atomic mass is 16.5. The highest BCUT2D eigenvalue weighted by molar-refractivity contribution is 5.79. The van der Waals surface area contributed by atoms with Gasteiger partial charge in [-0.2, -0.15) is 0 Å². The van der Waals surface area contributed by atoms with Crippen LogP contribution in [0, 0.1) is 0 Å². The number of guanidine groups is 1. The van der Waals surface area contributed by atoms with Crippen molar-refractivity contribution < 1.29 is 9.47 Å². The Bertz CT molecular complexity index is 552. The summed E-state index contributed by atoms with van der Waals surface area (Å²) in [7, 11) is 1.73. The number of ether oxygens (including phenoxy) is 2. The zero-order chi connectivity index (χ0) is 19.5. The second-order valence-corrected chi connectivity index (χ2v) is 7.24. The fourth-order valence-corrected chi connectivity index (χ4v) is 3.36. The summed E-state index contributed by atoms with van der Waals surface area (Å²) >= 11 is 0. The molecule has 152 valence electrons. The number of benzene rings is 1. The van der Waals surface area contributed by atoms with Gasteiger partial charge >= 0.3 is 0 Å². The molecule has 0 radical (unpaired) electrons. The molecule has 0 saturated carbocycles. The highest BCUT2D eigenvalue weighted by Gasteiger charge is 2.21. The summed E-state index contributed by atoms with van der Waals surface area (Å²) in [5, 5.41) is 6.62. The van der Waals surface area contributed by atoms with Crippen molar-refractivity contribution in [3.8, 4) is 0 Å². The largest absolute Gasteiger partial charge is 0.385 e. The number of hydrogen-bond donors (Lipinski definition) is 2. The van der Waals surface area contributed by atoms with Crippen LogP contribution in [0.4, 0.5) is 0 Å². The number of methoxy groups -OCH3 is 1. The van der Waals surface area contributed by atoms with E-state index in [1.54, 1.807) is 7.11 Å². The lowest BCUT2D eigenvalue weighted by atomic mass is 10.1. The van der Waals surface area contributed by atoms with Gasteiger partial charge in [0.2, 0.25) is 0 Å². The summed E-state index contributed by atoms with van der Waals surface area (Å²) in [6, 6.07) is 8.80. The van der Waals surface area contributed by atoms with E-state index in [9.17, 15) is 0 Å². The molecule has 2 rings (SSSR count). The van der Waals surface area contributed by atoms with Crippen molar-refractivity contribution in [2.75, 3.05) is 39.9 Å². The first kappa shape index (κ1) is 21.7. The van der Waals surface area contributed by atoms with Crippen LogP contribution < -0.4 is 10.6 Å². The van der Waals surface area contributed by atoms with Crippen LogP contribution in [0.15, 0.2) is 29.3 Å². The Morgan fingerprint density at radius 1 is 1.15 bits per heavy atom. The fourth-order valence-electron chi connectivity index (χ4n) is 3.36. The van der Waals surface area contributed by atoms with Crippen molar-refractivity contribution in [1.82, 2.24) is 15.5 Å². The molecule has 1 aromatic carbocycles. The molecule has 6 heteroatoms. The van der Waals surface area contributed by atoms with Crippen LogP contribution >= 0.6 is 0 Å². The third-order valence-corrected chi connectivity index (χ3v) is 4.51. The van der Waals surface area contributed by atoms with Gasteiger partial charge in [-0.05, 0) is 38.3 Å². The van der Waals surface area contributed by atoms with Gasteiger partial charge in [-0.3, -0.25) is 4.90 Å². The van der Waals surface area contributed by atoms with Crippen LogP contribution in [0.1, 0.15) is 38.3 Å². The Morgan fingerprint density at radius 2 is 1.81 bits per heavy atom. The maximum atomic E-state index is 5.81. The van der Waals surface area contributed by atoms with Gasteiger partial charge in [-0.15, -0.1) is 0 Å². The van der Waals surface area contributed by atoms with Crippen molar-refractivity contribution >= 4 is 5.96 Å². The zero-order valence-corrected chi connectivity index (χ0v) is 17.3. The fraction of sp³-hybridized carbons (Fsp3) is 0.667. The number of rotatable bonds is 9. The van der Waals surface area contributed by atoms with Crippen LogP contribution in [-0.2, 0) is 22.6 Å². The summed E-state index contributed by atoms with van der Waals surface area (Å²) in [5.41, 5.74) is 2.56. The Kier molecular flexibility index (Phi) is 9.59. The molecule has 6 nitrogen and oxygen atoms in total. The molecule has 1 aromatic rings. The number of nitrogens with zero attached hydrogens (tertiary/aromatic N) is 2. The summed E-state index contributed by atoms with van der Waals surface area (Å²) in [6.45, 7) is 12.5. The first-order chi connectivity index (χ1) is 13.1. The lowest BCUT2D eigenvalue weighted by Crippen LogP contribution is -2.44. The summed E-state index contributed by atoms with van der Waals surface area (Å²) in [4.78, 5) is 7.14. The molecule has 0 aromatic heterocycles. The van der Waals surface area contributed by atoms with Crippen LogP contribution in [0.5, 0.6) is 0 Å². The third kappa shape index (κ3) is 8.28. The summed E-state index contributed by atoms with van der Waals surface area (Å²) < 4.78 is 10.9. The number of hydrogen-bond acceptors (Lipinski definition) is 4. The van der Waals surface area contributed by atoms with E-state index in [0.717, 1.165) is 51.7 Å². The van der Waals surface area contributed by atoms with Crippen LogP contribution in [0.25, 0.3) is 0 Å². The molecule has 0 aliphatic carbocycles. The minimum absolute atomic E-state index is 0.309. The molecule has 2 atom stereocenters. The van der Waals surface area contributed by atoms with E-state index in [1.165, 1.54) is 11.1 Å². The second-order valence-electron chi connectivity index (χ2n) is 7.24. The number of morpholine rings is 1. The van der Waals surface area contributed by atoms with Crippen molar-refractivity contribution in [3.63, 3.8) is 0 Å². The smallest absolute Gasteiger partial charge is 0.191 e. The van der Waals surface area contributed by atoms with E-state index in [0.29, 0.717) is 18.8 Å². The lowest BCUT2D eigenvalue weighted by molar-refractivity contribution is -0.0704. The van der Waals surface area contributed by atoms with Crippen LogP contribution in [0.3, 0.4) is 0 Å². The normalized spacial score (nSPS) is 21.3. The van der Waals surface area contributed by atoms with Crippen LogP contribution in [0.2, 0.25) is 0 Å². The van der Waals surface area contributed by atoms with Gasteiger partial charge in [0.25, 0.3) is 0 Å². The molecule has 2 unspecified atom stereocenters. The topological polar surface area (TPSA) is 58.1 Å². The lowest BCUT2D eigenvalue weighted by Gasteiger charge is -2.35. The Balaban J connectivity index is 1.84. The Hall–Kier alpha value is -1.63. The first-order valence-corrected chi connectivity index (χ1v) is 10.1. The SMILES string of the molecule is CCNC(=NCc1ccc(CN2CC(C)OC(C)C2)cc1)NCCCOC. The Morgan fingerprint density at radius 3 is 2.44 bits per heavy atom. The van der Waals surface area contributed by atoms with E-state index < -0.39 is 0 Å². The van der Waals surface area contributed by atoms with Gasteiger partial charge in [-0.25, -0.2) is 4.99 Å². The molecule has 0 spiro atoms. The van der Waals surface area contributed by atoms with Crippen molar-refractivity contribution in [1.29, 1.82) is 0 Å². The molecule has 1 aliphatic rings. The minimum atomic E-state index is 0.309. The second kappa shape index (κ2) is 12.0. The van der Waals surface area contributed by atoms with Gasteiger partial charge in [0, 0.05) is 46.4 Å². The standard InChI is InChI=1S/C21H36N4O2/c1-5-22-21(23-11-6-12-26-4)24-13-19-7-9-20(10-8-19)16-25-14-17(2)27-18(3)15-25/h7-10,17-18H,5-6,11-16H2,1-4H3,(H2,22,23,24). The maximum absolute atomic E-state index is 5.81. The highest BCUT2D eigenvalue weighted by Crippen LogP contribution is 2.15. The first-order valence-electron chi connectivity index (χ1n) is 10.1. The molecule has 0 amide bonds. The molecular formula is C21H36N4O2. The van der Waals surface area contributed by atoms with Crippen molar-refractivity contribution in [2.45, 2.75) is 52.5 Å². The number of nitrogens with one attached hydrogen (secondary N) is 2. The van der Waals surface area contributed by atoms with Gasteiger partial charge < -0.3 is 20.1 Å². The van der Waals surface area contributed by atoms with Crippen molar-refractivity contribution in [3.05, 3.63) is 35.4 Å². The molecule has 1 fully saturated rings. The molecule has 27 heavy (non-hydrogen) atoms. The monoisotopic (exact) mass is 376 g/mol. The predicted molar refractivity (Wildman–Crippen MR) is 111 cm³/mol. The van der Waals surface area contributed by atoms with E-state index in [4.69, 9.17) is 9.47 Å². The van der Waals surface area contributed by atoms with Gasteiger partial charge in [0.05, 0.1) is 18.8 Å². The maximum Gasteiger partial charge on any atom is 0.191 e. The average Bonchev–Trinajstić information content (AvgIpc) is 2.63. The van der Waals surface area contributed by atoms with Crippen molar-refractivity contribution in [2.24, 2.45) is 4.99 Å². The van der Waals surface area contributed by atoms with Gasteiger partial charge in [0.1, 0.15) is 0 Å². The quantitative estimate of drug-likeness (QED) is 0.394. The minimum Gasteiger partial charge on any atom is -0.385 e. The summed E-state index contributed by atoms with van der Waals surface area (Å²) in [5.74, 6) is 0.856. The third-order valence-electron chi connectivity index (χ3n) is 4.51.